The van der Waals surface area contributed by atoms with Crippen molar-refractivity contribution in [1.82, 2.24) is 25.4 Å². The molecule has 1 aliphatic carbocycles. The number of carbonyl (C=O) groups excluding carboxylic acids is 1. The number of pyridine rings is 1. The largest absolute Gasteiger partial charge is 0.493 e. The van der Waals surface area contributed by atoms with Crippen molar-refractivity contribution < 1.29 is 9.53 Å². The number of rotatable bonds is 7. The number of carbonyl (C=O) groups is 1. The molecule has 36 heavy (non-hydrogen) atoms. The maximum Gasteiger partial charge on any atom is 0.252 e. The molecule has 0 bridgehead atoms. The topological polar surface area (TPSA) is 81.1 Å². The minimum absolute atomic E-state index is 0.0912. The van der Waals surface area contributed by atoms with E-state index in [0.29, 0.717) is 11.3 Å². The van der Waals surface area contributed by atoms with Crippen LogP contribution in [0.5, 0.6) is 5.75 Å². The van der Waals surface area contributed by atoms with Crippen molar-refractivity contribution >= 4 is 27.1 Å². The van der Waals surface area contributed by atoms with Gasteiger partial charge in [-0.3, -0.25) is 14.5 Å². The third kappa shape index (κ3) is 4.20. The number of hydrogen-bond donors (Lipinski definition) is 2. The van der Waals surface area contributed by atoms with Crippen LogP contribution in [0.1, 0.15) is 40.7 Å². The average Bonchev–Trinajstić information content (AvgIpc) is 3.48. The summed E-state index contributed by atoms with van der Waals surface area (Å²) in [5, 5.41) is 12.1. The summed E-state index contributed by atoms with van der Waals surface area (Å²) in [6.07, 6.45) is 8.49. The van der Waals surface area contributed by atoms with E-state index < -0.39 is 5.54 Å². The van der Waals surface area contributed by atoms with Gasteiger partial charge in [-0.15, -0.1) is 0 Å². The van der Waals surface area contributed by atoms with Crippen LogP contribution in [-0.2, 0) is 12.6 Å². The van der Waals surface area contributed by atoms with Gasteiger partial charge in [-0.1, -0.05) is 12.1 Å². The SMILES string of the molecule is Cc1ccc(OC([Si])[C@@H]2CCN2)cc1C(=O)NC1(c2cc(-c3cnn(C)c3)cc3ncccc23)CC1. The first kappa shape index (κ1) is 22.9. The Hall–Kier alpha value is -3.49. The summed E-state index contributed by atoms with van der Waals surface area (Å²) < 4.78 is 7.87. The van der Waals surface area contributed by atoms with Crippen LogP contribution in [0.4, 0.5) is 0 Å². The van der Waals surface area contributed by atoms with Crippen LogP contribution >= 0.6 is 0 Å². The van der Waals surface area contributed by atoms with Crippen molar-refractivity contribution in [2.45, 2.75) is 43.5 Å². The smallest absolute Gasteiger partial charge is 0.252 e. The Kier molecular flexibility index (Phi) is 5.65. The van der Waals surface area contributed by atoms with Gasteiger partial charge < -0.3 is 15.4 Å². The minimum atomic E-state index is -0.423. The van der Waals surface area contributed by atoms with Crippen molar-refractivity contribution in [1.29, 1.82) is 0 Å². The Balaban J connectivity index is 1.32. The van der Waals surface area contributed by atoms with Crippen molar-refractivity contribution in [3.05, 3.63) is 77.7 Å². The van der Waals surface area contributed by atoms with Crippen molar-refractivity contribution in [3.63, 3.8) is 0 Å². The van der Waals surface area contributed by atoms with Gasteiger partial charge in [0.25, 0.3) is 5.91 Å². The van der Waals surface area contributed by atoms with Crippen LogP contribution in [0.2, 0.25) is 0 Å². The molecule has 1 amide bonds. The van der Waals surface area contributed by atoms with Crippen molar-refractivity contribution in [2.75, 3.05) is 6.54 Å². The first-order chi connectivity index (χ1) is 17.4. The molecule has 2 aromatic carbocycles. The van der Waals surface area contributed by atoms with E-state index in [1.807, 2.05) is 56.8 Å². The van der Waals surface area contributed by atoms with Crippen LogP contribution in [0.3, 0.4) is 0 Å². The van der Waals surface area contributed by atoms with Gasteiger partial charge in [0, 0.05) is 42.0 Å². The minimum Gasteiger partial charge on any atom is -0.493 e. The summed E-state index contributed by atoms with van der Waals surface area (Å²) in [4.78, 5) is 18.2. The second kappa shape index (κ2) is 8.87. The first-order valence-corrected chi connectivity index (χ1v) is 12.9. The third-order valence-electron chi connectivity index (χ3n) is 7.32. The Bertz CT molecular complexity index is 1460. The van der Waals surface area contributed by atoms with Crippen molar-refractivity contribution in [2.24, 2.45) is 7.05 Å². The molecule has 2 atom stereocenters. The molecule has 8 heteroatoms. The van der Waals surface area contributed by atoms with E-state index in [4.69, 9.17) is 4.74 Å². The lowest BCUT2D eigenvalue weighted by Crippen LogP contribution is -2.53. The number of aromatic nitrogens is 3. The Morgan fingerprint density at radius 3 is 2.78 bits per heavy atom. The average molecular weight is 495 g/mol. The monoisotopic (exact) mass is 494 g/mol. The zero-order chi connectivity index (χ0) is 24.9. The van der Waals surface area contributed by atoms with Crippen LogP contribution in [0.25, 0.3) is 22.0 Å². The zero-order valence-corrected chi connectivity index (χ0v) is 21.4. The molecule has 7 nitrogen and oxygen atoms in total. The molecule has 2 aromatic heterocycles. The van der Waals surface area contributed by atoms with Crippen LogP contribution in [0.15, 0.2) is 61.1 Å². The van der Waals surface area contributed by atoms with Gasteiger partial charge in [0.2, 0.25) is 0 Å². The second-order valence-corrected chi connectivity index (χ2v) is 10.5. The molecule has 0 spiro atoms. The molecule has 2 fully saturated rings. The maximum absolute atomic E-state index is 13.6. The van der Waals surface area contributed by atoms with Gasteiger partial charge >= 0.3 is 0 Å². The van der Waals surface area contributed by atoms with E-state index in [0.717, 1.165) is 59.0 Å². The molecule has 1 aliphatic heterocycles. The van der Waals surface area contributed by atoms with E-state index in [2.05, 4.69) is 49.2 Å². The standard InChI is InChI=1S/C28H28N5O2Si/c1-17-5-6-20(35-27(36)24-7-11-30-24)14-22(17)26(34)32-28(8-9-28)23-12-18(19-15-31-33(2)16-19)13-25-21(23)4-3-10-29-25/h3-6,10,12-16,24,27,30H,7-9,11H2,1-2H3,(H,32,34)/t24-,27?/m0/s1. The van der Waals surface area contributed by atoms with Crippen LogP contribution in [-0.4, -0.2) is 49.2 Å². The predicted molar refractivity (Wildman–Crippen MR) is 140 cm³/mol. The fourth-order valence-corrected chi connectivity index (χ4v) is 5.32. The molecule has 3 heterocycles. The summed E-state index contributed by atoms with van der Waals surface area (Å²) in [5.41, 5.74) is 5.07. The molecule has 1 unspecified atom stereocenters. The van der Waals surface area contributed by atoms with Crippen LogP contribution < -0.4 is 15.4 Å². The lowest BCUT2D eigenvalue weighted by atomic mass is 9.94. The number of amides is 1. The lowest BCUT2D eigenvalue weighted by Gasteiger charge is -2.33. The van der Waals surface area contributed by atoms with Crippen LogP contribution in [0, 0.1) is 6.92 Å². The van der Waals surface area contributed by atoms with E-state index in [1.54, 1.807) is 4.68 Å². The van der Waals surface area contributed by atoms with Gasteiger partial charge in [0.15, 0.2) is 0 Å². The van der Waals surface area contributed by atoms with Gasteiger partial charge in [-0.2, -0.15) is 5.10 Å². The van der Waals surface area contributed by atoms with E-state index >= 15 is 0 Å². The Morgan fingerprint density at radius 2 is 2.08 bits per heavy atom. The molecule has 6 rings (SSSR count). The molecule has 181 valence electrons. The summed E-state index contributed by atoms with van der Waals surface area (Å²) in [6.45, 7) is 2.96. The van der Waals surface area contributed by atoms with Gasteiger partial charge in [0.1, 0.15) is 5.75 Å². The molecule has 2 aliphatic rings. The summed E-state index contributed by atoms with van der Waals surface area (Å²) >= 11 is 0. The summed E-state index contributed by atoms with van der Waals surface area (Å²) in [6, 6.07) is 14.3. The predicted octanol–water partition coefficient (Wildman–Crippen LogP) is 3.60. The van der Waals surface area contributed by atoms with E-state index in [1.165, 1.54) is 0 Å². The first-order valence-electron chi connectivity index (χ1n) is 12.3. The fourth-order valence-electron chi connectivity index (χ4n) is 4.90. The molecule has 4 aromatic rings. The molecular weight excluding hydrogens is 466 g/mol. The Labute approximate surface area is 213 Å². The molecule has 2 N–H and O–H groups in total. The van der Waals surface area contributed by atoms with Gasteiger partial charge in [0.05, 0.1) is 33.2 Å². The highest BCUT2D eigenvalue weighted by molar-refractivity contribution is 6.11. The molecule has 1 saturated carbocycles. The third-order valence-corrected chi connectivity index (χ3v) is 7.84. The number of nitrogens with zero attached hydrogens (tertiary/aromatic N) is 3. The highest BCUT2D eigenvalue weighted by Gasteiger charge is 2.47. The van der Waals surface area contributed by atoms with Gasteiger partial charge in [-0.05, 0) is 79.8 Å². The summed E-state index contributed by atoms with van der Waals surface area (Å²) in [5.74, 6) is 0.587. The number of fused-ring (bicyclic) bond motifs is 1. The summed E-state index contributed by atoms with van der Waals surface area (Å²) in [7, 11) is 5.58. The quantitative estimate of drug-likeness (QED) is 0.384. The van der Waals surface area contributed by atoms with E-state index in [9.17, 15) is 4.79 Å². The second-order valence-electron chi connectivity index (χ2n) is 9.90. The van der Waals surface area contributed by atoms with Gasteiger partial charge in [-0.25, -0.2) is 0 Å². The normalized spacial score (nSPS) is 18.9. The fraction of sp³-hybridized carbons (Fsp3) is 0.321. The lowest BCUT2D eigenvalue weighted by molar-refractivity contribution is 0.0929. The number of nitrogens with one attached hydrogen (secondary N) is 2. The molecular formula is C28H28N5O2Si. The zero-order valence-electron chi connectivity index (χ0n) is 20.4. The Morgan fingerprint density at radius 1 is 1.25 bits per heavy atom. The highest BCUT2D eigenvalue weighted by atomic mass is 28.1. The molecule has 3 radical (unpaired) electrons. The number of benzene rings is 2. The van der Waals surface area contributed by atoms with Crippen molar-refractivity contribution in [3.8, 4) is 16.9 Å². The number of ether oxygens (including phenoxy) is 1. The van der Waals surface area contributed by atoms with E-state index in [-0.39, 0.29) is 17.7 Å². The number of aryl methyl sites for hydroxylation is 2. The molecule has 1 saturated heterocycles. The maximum atomic E-state index is 13.6. The number of hydrogen-bond acceptors (Lipinski definition) is 5. The highest BCUT2D eigenvalue weighted by Crippen LogP contribution is 2.49.